The van der Waals surface area contributed by atoms with E-state index in [-0.39, 0.29) is 31.5 Å². The Morgan fingerprint density at radius 2 is 1.58 bits per heavy atom. The van der Waals surface area contributed by atoms with Gasteiger partial charge in [0.05, 0.1) is 6.10 Å². The second-order valence-electron chi connectivity index (χ2n) is 8.45. The van der Waals surface area contributed by atoms with Crippen LogP contribution < -0.4 is 10.8 Å². The number of hydroxylamine groups is 1. The Balaban J connectivity index is 1.37. The van der Waals surface area contributed by atoms with Gasteiger partial charge in [0.15, 0.2) is 0 Å². The number of fused-ring (bicyclic) bond motifs is 3. The molecule has 8 heteroatoms. The lowest BCUT2D eigenvalue weighted by Crippen LogP contribution is -2.48. The second kappa shape index (κ2) is 10.5. The molecule has 0 aromatic heterocycles. The lowest BCUT2D eigenvalue weighted by molar-refractivity contribution is -0.141. The summed E-state index contributed by atoms with van der Waals surface area (Å²) in [5, 5.41) is 11.5. The summed E-state index contributed by atoms with van der Waals surface area (Å²) in [6, 6.07) is 14.9. The van der Waals surface area contributed by atoms with Gasteiger partial charge in [0.2, 0.25) is 0 Å². The van der Waals surface area contributed by atoms with Gasteiger partial charge >= 0.3 is 12.1 Å². The SMILES string of the molecule is O=C(O)CCC(NC(=O)OCC1c2ccccc2-c2ccccc21)C(=O)NOC1CCCC1. The maximum absolute atomic E-state index is 12.5. The molecule has 0 radical (unpaired) electrons. The van der Waals surface area contributed by atoms with E-state index in [1.54, 1.807) is 0 Å². The highest BCUT2D eigenvalue weighted by Crippen LogP contribution is 2.44. The van der Waals surface area contributed by atoms with Gasteiger partial charge < -0.3 is 15.2 Å². The molecule has 0 spiro atoms. The molecule has 1 unspecified atom stereocenters. The molecule has 2 aromatic rings. The molecular weight excluding hydrogens is 424 g/mol. The maximum atomic E-state index is 12.5. The summed E-state index contributed by atoms with van der Waals surface area (Å²) in [4.78, 5) is 41.5. The summed E-state index contributed by atoms with van der Waals surface area (Å²) in [6.45, 7) is 0.103. The summed E-state index contributed by atoms with van der Waals surface area (Å²) in [5.41, 5.74) is 6.77. The van der Waals surface area contributed by atoms with Crippen molar-refractivity contribution in [1.82, 2.24) is 10.8 Å². The van der Waals surface area contributed by atoms with Crippen LogP contribution in [0.4, 0.5) is 4.79 Å². The van der Waals surface area contributed by atoms with Crippen LogP contribution in [0.1, 0.15) is 55.6 Å². The largest absolute Gasteiger partial charge is 0.481 e. The smallest absolute Gasteiger partial charge is 0.407 e. The van der Waals surface area contributed by atoms with Crippen molar-refractivity contribution in [2.45, 2.75) is 56.6 Å². The van der Waals surface area contributed by atoms with Gasteiger partial charge in [-0.25, -0.2) is 10.3 Å². The van der Waals surface area contributed by atoms with Crippen LogP contribution in [0.15, 0.2) is 48.5 Å². The molecule has 2 aromatic carbocycles. The summed E-state index contributed by atoms with van der Waals surface area (Å²) >= 11 is 0. The number of nitrogens with one attached hydrogen (secondary N) is 2. The number of carboxylic acids is 1. The molecule has 0 bridgehead atoms. The van der Waals surface area contributed by atoms with Gasteiger partial charge in [0.25, 0.3) is 5.91 Å². The van der Waals surface area contributed by atoms with Crippen molar-refractivity contribution in [3.63, 3.8) is 0 Å². The number of hydrogen-bond acceptors (Lipinski definition) is 5. The van der Waals surface area contributed by atoms with Crippen LogP contribution in [-0.2, 0) is 19.2 Å². The molecule has 2 aliphatic carbocycles. The molecule has 3 N–H and O–H groups in total. The molecular formula is C25H28N2O6. The average molecular weight is 453 g/mol. The molecule has 33 heavy (non-hydrogen) atoms. The Bertz CT molecular complexity index is 972. The number of carbonyl (C=O) groups is 3. The van der Waals surface area contributed by atoms with E-state index in [1.165, 1.54) is 0 Å². The van der Waals surface area contributed by atoms with Crippen LogP contribution in [0.25, 0.3) is 11.1 Å². The van der Waals surface area contributed by atoms with Gasteiger partial charge in [0, 0.05) is 12.3 Å². The van der Waals surface area contributed by atoms with E-state index in [0.717, 1.165) is 47.9 Å². The number of amides is 2. The van der Waals surface area contributed by atoms with E-state index < -0.39 is 24.0 Å². The van der Waals surface area contributed by atoms with Gasteiger partial charge in [-0.05, 0) is 41.5 Å². The van der Waals surface area contributed by atoms with E-state index in [9.17, 15) is 14.4 Å². The number of alkyl carbamates (subject to hydrolysis) is 1. The first-order chi connectivity index (χ1) is 16.0. The fraction of sp³-hybridized carbons (Fsp3) is 0.400. The molecule has 8 nitrogen and oxygen atoms in total. The first-order valence-electron chi connectivity index (χ1n) is 11.3. The van der Waals surface area contributed by atoms with Crippen LogP contribution in [-0.4, -0.2) is 41.8 Å². The minimum absolute atomic E-state index is 0.0523. The normalized spacial score (nSPS) is 16.0. The van der Waals surface area contributed by atoms with Crippen molar-refractivity contribution in [1.29, 1.82) is 0 Å². The third-order valence-corrected chi connectivity index (χ3v) is 6.23. The number of aliphatic carboxylic acids is 1. The zero-order valence-electron chi connectivity index (χ0n) is 18.3. The van der Waals surface area contributed by atoms with Gasteiger partial charge in [-0.15, -0.1) is 0 Å². The fourth-order valence-corrected chi connectivity index (χ4v) is 4.54. The summed E-state index contributed by atoms with van der Waals surface area (Å²) in [5.74, 6) is -1.75. The van der Waals surface area contributed by atoms with Crippen molar-refractivity contribution in [2.24, 2.45) is 0 Å². The van der Waals surface area contributed by atoms with Crippen molar-refractivity contribution in [3.05, 3.63) is 59.7 Å². The summed E-state index contributed by atoms with van der Waals surface area (Å²) in [7, 11) is 0. The zero-order chi connectivity index (χ0) is 23.2. The minimum atomic E-state index is -1.07. The first-order valence-corrected chi connectivity index (χ1v) is 11.3. The van der Waals surface area contributed by atoms with E-state index in [4.69, 9.17) is 14.7 Å². The van der Waals surface area contributed by atoms with Crippen molar-refractivity contribution in [3.8, 4) is 11.1 Å². The number of ether oxygens (including phenoxy) is 1. The maximum Gasteiger partial charge on any atom is 0.407 e. The Morgan fingerprint density at radius 1 is 0.970 bits per heavy atom. The highest BCUT2D eigenvalue weighted by Gasteiger charge is 2.30. The Labute approximate surface area is 192 Å². The molecule has 2 aliphatic rings. The molecule has 2 amide bonds. The van der Waals surface area contributed by atoms with Gasteiger partial charge in [-0.3, -0.25) is 14.4 Å². The minimum Gasteiger partial charge on any atom is -0.481 e. The van der Waals surface area contributed by atoms with Gasteiger partial charge in [-0.2, -0.15) is 0 Å². The van der Waals surface area contributed by atoms with Crippen LogP contribution in [0, 0.1) is 0 Å². The van der Waals surface area contributed by atoms with Crippen molar-refractivity contribution < 1.29 is 29.1 Å². The summed E-state index contributed by atoms with van der Waals surface area (Å²) < 4.78 is 5.49. The highest BCUT2D eigenvalue weighted by atomic mass is 16.7. The molecule has 174 valence electrons. The quantitative estimate of drug-likeness (QED) is 0.500. The molecule has 4 rings (SSSR count). The van der Waals surface area contributed by atoms with Crippen LogP contribution >= 0.6 is 0 Å². The Hall–Kier alpha value is -3.39. The number of carbonyl (C=O) groups excluding carboxylic acids is 2. The average Bonchev–Trinajstić information content (AvgIpc) is 3.45. The third kappa shape index (κ3) is 5.51. The fourth-order valence-electron chi connectivity index (χ4n) is 4.54. The molecule has 1 atom stereocenters. The third-order valence-electron chi connectivity index (χ3n) is 6.23. The Morgan fingerprint density at radius 3 is 2.18 bits per heavy atom. The number of benzene rings is 2. The van der Waals surface area contributed by atoms with Crippen LogP contribution in [0.5, 0.6) is 0 Å². The summed E-state index contributed by atoms with van der Waals surface area (Å²) in [6.07, 6.45) is 2.64. The molecule has 1 saturated carbocycles. The van der Waals surface area contributed by atoms with E-state index in [0.29, 0.717) is 0 Å². The molecule has 0 saturated heterocycles. The van der Waals surface area contributed by atoms with Gasteiger partial charge in [0.1, 0.15) is 12.6 Å². The molecule has 0 heterocycles. The predicted molar refractivity (Wildman–Crippen MR) is 120 cm³/mol. The van der Waals surface area contributed by atoms with Crippen molar-refractivity contribution in [2.75, 3.05) is 6.61 Å². The number of carboxylic acid groups (broad SMARTS) is 1. The number of rotatable bonds is 9. The first kappa shape index (κ1) is 22.8. The molecule has 1 fully saturated rings. The van der Waals surface area contributed by atoms with Crippen molar-refractivity contribution >= 4 is 18.0 Å². The monoisotopic (exact) mass is 452 g/mol. The van der Waals surface area contributed by atoms with Gasteiger partial charge in [-0.1, -0.05) is 61.4 Å². The highest BCUT2D eigenvalue weighted by molar-refractivity contribution is 5.85. The second-order valence-corrected chi connectivity index (χ2v) is 8.45. The standard InChI is InChI=1S/C25H28N2O6/c28-23(29)14-13-22(24(30)27-33-16-7-1-2-8-16)26-25(31)32-15-21-19-11-5-3-9-17(19)18-10-4-6-12-20(18)21/h3-6,9-12,16,21-22H,1-2,7-8,13-15H2,(H,26,31)(H,27,30)(H,28,29). The van der Waals surface area contributed by atoms with E-state index in [1.807, 2.05) is 48.5 Å². The lowest BCUT2D eigenvalue weighted by Gasteiger charge is -2.20. The molecule has 0 aliphatic heterocycles. The number of hydrogen-bond donors (Lipinski definition) is 3. The van der Waals surface area contributed by atoms with Crippen LogP contribution in [0.3, 0.4) is 0 Å². The predicted octanol–water partition coefficient (Wildman–Crippen LogP) is 3.75. The zero-order valence-corrected chi connectivity index (χ0v) is 18.3. The van der Waals surface area contributed by atoms with Crippen LogP contribution in [0.2, 0.25) is 0 Å². The van der Waals surface area contributed by atoms with E-state index in [2.05, 4.69) is 10.8 Å². The van der Waals surface area contributed by atoms with E-state index >= 15 is 0 Å². The Kier molecular flexibility index (Phi) is 7.24. The lowest BCUT2D eigenvalue weighted by atomic mass is 9.98. The topological polar surface area (TPSA) is 114 Å².